The number of carbonyl (C=O) groups is 1. The van der Waals surface area contributed by atoms with Crippen molar-refractivity contribution in [1.82, 2.24) is 15.1 Å². The van der Waals surface area contributed by atoms with Gasteiger partial charge in [0.1, 0.15) is 6.04 Å². The van der Waals surface area contributed by atoms with Crippen LogP contribution in [0.2, 0.25) is 0 Å². The average molecular weight is 340 g/mol. The van der Waals surface area contributed by atoms with Gasteiger partial charge in [-0.15, -0.1) is 10.2 Å². The Morgan fingerprint density at radius 2 is 2.20 bits per heavy atom. The Morgan fingerprint density at radius 1 is 1.40 bits per heavy atom. The lowest BCUT2D eigenvalue weighted by Crippen LogP contribution is -2.43. The SMILES string of the molecule is Cc1cc(C#N)ccc1C(=O)N1CCOC[C@H]1c1nnc(C(C)C)o1. The van der Waals surface area contributed by atoms with Gasteiger partial charge in [-0.1, -0.05) is 13.8 Å². The van der Waals surface area contributed by atoms with E-state index in [1.807, 2.05) is 20.8 Å². The molecule has 1 amide bonds. The van der Waals surface area contributed by atoms with Crippen molar-refractivity contribution < 1.29 is 13.9 Å². The number of aromatic nitrogens is 2. The van der Waals surface area contributed by atoms with E-state index in [9.17, 15) is 4.79 Å². The number of amides is 1. The molecule has 0 saturated carbocycles. The van der Waals surface area contributed by atoms with Gasteiger partial charge in [0, 0.05) is 18.0 Å². The van der Waals surface area contributed by atoms with Crippen molar-refractivity contribution in [3.8, 4) is 6.07 Å². The quantitative estimate of drug-likeness (QED) is 0.853. The lowest BCUT2D eigenvalue weighted by molar-refractivity contribution is -0.0108. The van der Waals surface area contributed by atoms with Crippen molar-refractivity contribution in [3.05, 3.63) is 46.7 Å². The van der Waals surface area contributed by atoms with Gasteiger partial charge in [-0.05, 0) is 30.7 Å². The molecule has 7 heteroatoms. The van der Waals surface area contributed by atoms with Crippen molar-refractivity contribution >= 4 is 5.91 Å². The molecule has 2 heterocycles. The van der Waals surface area contributed by atoms with Crippen LogP contribution in [0.1, 0.15) is 59.1 Å². The molecule has 0 radical (unpaired) electrons. The molecule has 1 saturated heterocycles. The molecule has 0 unspecified atom stereocenters. The minimum Gasteiger partial charge on any atom is -0.423 e. The summed E-state index contributed by atoms with van der Waals surface area (Å²) in [4.78, 5) is 14.7. The Kier molecular flexibility index (Phi) is 4.81. The van der Waals surface area contributed by atoms with Crippen LogP contribution < -0.4 is 0 Å². The van der Waals surface area contributed by atoms with E-state index in [4.69, 9.17) is 14.4 Å². The summed E-state index contributed by atoms with van der Waals surface area (Å²) in [5.74, 6) is 0.931. The van der Waals surface area contributed by atoms with Crippen LogP contribution in [-0.4, -0.2) is 40.8 Å². The van der Waals surface area contributed by atoms with E-state index < -0.39 is 6.04 Å². The Labute approximate surface area is 146 Å². The van der Waals surface area contributed by atoms with Gasteiger partial charge in [-0.25, -0.2) is 0 Å². The van der Waals surface area contributed by atoms with Gasteiger partial charge >= 0.3 is 0 Å². The predicted octanol–water partition coefficient (Wildman–Crippen LogP) is 2.59. The number of nitrogens with zero attached hydrogens (tertiary/aromatic N) is 4. The molecule has 0 N–H and O–H groups in total. The highest BCUT2D eigenvalue weighted by Gasteiger charge is 2.34. The Bertz CT molecular complexity index is 822. The predicted molar refractivity (Wildman–Crippen MR) is 88.9 cm³/mol. The molecule has 1 aliphatic rings. The summed E-state index contributed by atoms with van der Waals surface area (Å²) in [5.41, 5.74) is 1.86. The number of nitriles is 1. The van der Waals surface area contributed by atoms with Gasteiger partial charge in [-0.3, -0.25) is 4.79 Å². The highest BCUT2D eigenvalue weighted by molar-refractivity contribution is 5.96. The highest BCUT2D eigenvalue weighted by atomic mass is 16.5. The first-order valence-electron chi connectivity index (χ1n) is 8.24. The topological polar surface area (TPSA) is 92.2 Å². The zero-order valence-electron chi connectivity index (χ0n) is 14.5. The average Bonchev–Trinajstić information content (AvgIpc) is 3.11. The normalized spacial score (nSPS) is 17.6. The second-order valence-corrected chi connectivity index (χ2v) is 6.36. The van der Waals surface area contributed by atoms with E-state index in [2.05, 4.69) is 16.3 Å². The number of benzene rings is 1. The second-order valence-electron chi connectivity index (χ2n) is 6.36. The molecule has 0 spiro atoms. The minimum atomic E-state index is -0.406. The number of ether oxygens (including phenoxy) is 1. The summed E-state index contributed by atoms with van der Waals surface area (Å²) in [6.07, 6.45) is 0. The van der Waals surface area contributed by atoms with Gasteiger partial charge in [0.15, 0.2) is 0 Å². The number of morpholine rings is 1. The van der Waals surface area contributed by atoms with Crippen LogP contribution in [0.4, 0.5) is 0 Å². The second kappa shape index (κ2) is 7.03. The van der Waals surface area contributed by atoms with Crippen LogP contribution in [0.5, 0.6) is 0 Å². The highest BCUT2D eigenvalue weighted by Crippen LogP contribution is 2.27. The first-order chi connectivity index (χ1) is 12.0. The molecule has 3 rings (SSSR count). The summed E-state index contributed by atoms with van der Waals surface area (Å²) >= 11 is 0. The summed E-state index contributed by atoms with van der Waals surface area (Å²) in [6, 6.07) is 6.73. The van der Waals surface area contributed by atoms with E-state index in [1.165, 1.54) is 0 Å². The van der Waals surface area contributed by atoms with E-state index in [1.54, 1.807) is 23.1 Å². The standard InChI is InChI=1S/C18H20N4O3/c1-11(2)16-20-21-17(25-16)15-10-24-7-6-22(15)18(23)14-5-4-13(9-19)8-12(14)3/h4-5,8,11,15H,6-7,10H2,1-3H3/t15-/m0/s1. The number of rotatable bonds is 3. The monoisotopic (exact) mass is 340 g/mol. The molecule has 1 fully saturated rings. The number of aryl methyl sites for hydroxylation is 1. The van der Waals surface area contributed by atoms with Crippen LogP contribution in [0.3, 0.4) is 0 Å². The molecule has 7 nitrogen and oxygen atoms in total. The summed E-state index contributed by atoms with van der Waals surface area (Å²) in [7, 11) is 0. The van der Waals surface area contributed by atoms with Crippen LogP contribution >= 0.6 is 0 Å². The van der Waals surface area contributed by atoms with Crippen molar-refractivity contribution in [2.45, 2.75) is 32.7 Å². The van der Waals surface area contributed by atoms with Gasteiger partial charge in [0.2, 0.25) is 11.8 Å². The maximum absolute atomic E-state index is 13.0. The fraction of sp³-hybridized carbons (Fsp3) is 0.444. The largest absolute Gasteiger partial charge is 0.423 e. The summed E-state index contributed by atoms with van der Waals surface area (Å²) in [6.45, 7) is 6.99. The molecule has 1 aliphatic heterocycles. The fourth-order valence-corrected chi connectivity index (χ4v) is 2.79. The van der Waals surface area contributed by atoms with E-state index in [0.29, 0.717) is 42.7 Å². The molecule has 130 valence electrons. The van der Waals surface area contributed by atoms with Crippen molar-refractivity contribution in [1.29, 1.82) is 5.26 Å². The Morgan fingerprint density at radius 3 is 2.84 bits per heavy atom. The molecule has 0 aliphatic carbocycles. The third-order valence-electron chi connectivity index (χ3n) is 4.21. The van der Waals surface area contributed by atoms with Crippen molar-refractivity contribution in [3.63, 3.8) is 0 Å². The number of hydrogen-bond acceptors (Lipinski definition) is 6. The fourth-order valence-electron chi connectivity index (χ4n) is 2.79. The van der Waals surface area contributed by atoms with Gasteiger partial charge in [0.25, 0.3) is 5.91 Å². The number of hydrogen-bond donors (Lipinski definition) is 0. The first kappa shape index (κ1) is 17.1. The Balaban J connectivity index is 1.90. The first-order valence-corrected chi connectivity index (χ1v) is 8.24. The van der Waals surface area contributed by atoms with Gasteiger partial charge in [0.05, 0.1) is 24.8 Å². The maximum atomic E-state index is 13.0. The summed E-state index contributed by atoms with van der Waals surface area (Å²) in [5, 5.41) is 17.1. The van der Waals surface area contributed by atoms with Gasteiger partial charge in [-0.2, -0.15) is 5.26 Å². The molecule has 1 aromatic heterocycles. The van der Waals surface area contributed by atoms with Crippen LogP contribution in [0.15, 0.2) is 22.6 Å². The van der Waals surface area contributed by atoms with E-state index >= 15 is 0 Å². The van der Waals surface area contributed by atoms with Crippen LogP contribution in [0.25, 0.3) is 0 Å². The third kappa shape index (κ3) is 3.39. The molecular weight excluding hydrogens is 320 g/mol. The molecular formula is C18H20N4O3. The van der Waals surface area contributed by atoms with Crippen molar-refractivity contribution in [2.24, 2.45) is 0 Å². The lowest BCUT2D eigenvalue weighted by Gasteiger charge is -2.33. The zero-order valence-corrected chi connectivity index (χ0v) is 14.5. The van der Waals surface area contributed by atoms with Crippen LogP contribution in [0, 0.1) is 18.3 Å². The van der Waals surface area contributed by atoms with E-state index in [0.717, 1.165) is 5.56 Å². The molecule has 25 heavy (non-hydrogen) atoms. The zero-order chi connectivity index (χ0) is 18.0. The number of carbonyl (C=O) groups excluding carboxylic acids is 1. The molecule has 1 aromatic carbocycles. The molecule has 1 atom stereocenters. The third-order valence-corrected chi connectivity index (χ3v) is 4.21. The van der Waals surface area contributed by atoms with Gasteiger partial charge < -0.3 is 14.1 Å². The van der Waals surface area contributed by atoms with Crippen LogP contribution in [-0.2, 0) is 4.74 Å². The Hall–Kier alpha value is -2.72. The maximum Gasteiger partial charge on any atom is 0.254 e. The summed E-state index contributed by atoms with van der Waals surface area (Å²) < 4.78 is 11.3. The molecule has 0 bridgehead atoms. The lowest BCUT2D eigenvalue weighted by atomic mass is 10.0. The van der Waals surface area contributed by atoms with Crippen molar-refractivity contribution in [2.75, 3.05) is 19.8 Å². The molecule has 2 aromatic rings. The minimum absolute atomic E-state index is 0.121. The van der Waals surface area contributed by atoms with E-state index in [-0.39, 0.29) is 11.8 Å². The smallest absolute Gasteiger partial charge is 0.254 e.